The van der Waals surface area contributed by atoms with Crippen molar-refractivity contribution in [1.29, 1.82) is 0 Å². The molecule has 0 fully saturated rings. The number of rotatable bonds is 9. The van der Waals surface area contributed by atoms with Crippen LogP contribution < -0.4 is 5.43 Å². The number of unbranched alkanes of at least 4 members (excludes halogenated alkanes) is 5. The smallest absolute Gasteiger partial charge is 0.197 e. The third kappa shape index (κ3) is 4.11. The van der Waals surface area contributed by atoms with Crippen LogP contribution in [0.2, 0.25) is 0 Å². The summed E-state index contributed by atoms with van der Waals surface area (Å²) in [5.41, 5.74) is 2.27. The zero-order valence-electron chi connectivity index (χ0n) is 16.5. The van der Waals surface area contributed by atoms with Gasteiger partial charge in [0, 0.05) is 17.3 Å². The number of hydrogen-bond donors (Lipinski definition) is 0. The predicted octanol–water partition coefficient (Wildman–Crippen LogP) is 6.63. The summed E-state index contributed by atoms with van der Waals surface area (Å²) in [5, 5.41) is 1.66. The normalized spacial score (nSPS) is 13.9. The molecule has 28 heavy (non-hydrogen) atoms. The molecular formula is C26H29NO. The largest absolute Gasteiger partial charge is 0.340 e. The number of aryl methyl sites for hydroxylation is 1. The van der Waals surface area contributed by atoms with Crippen LogP contribution in [0.1, 0.15) is 44.9 Å². The Balaban J connectivity index is 1.34. The zero-order chi connectivity index (χ0) is 19.2. The molecule has 0 spiro atoms. The van der Waals surface area contributed by atoms with E-state index in [0.29, 0.717) is 5.92 Å². The number of allylic oxidation sites excluding steroid dienone is 4. The summed E-state index contributed by atoms with van der Waals surface area (Å²) in [6.45, 7) is 0.971. The highest BCUT2D eigenvalue weighted by atomic mass is 16.1. The highest BCUT2D eigenvalue weighted by Gasteiger charge is 2.09. The van der Waals surface area contributed by atoms with Gasteiger partial charge in [0.15, 0.2) is 5.43 Å². The summed E-state index contributed by atoms with van der Waals surface area (Å²) in [6, 6.07) is 16.0. The molecule has 0 amide bonds. The van der Waals surface area contributed by atoms with E-state index in [-0.39, 0.29) is 5.43 Å². The number of nitrogens with zero attached hydrogens (tertiary/aromatic N) is 1. The number of fused-ring (bicyclic) bond motifs is 2. The van der Waals surface area contributed by atoms with Crippen LogP contribution in [0.25, 0.3) is 21.8 Å². The number of pyridine rings is 1. The molecule has 1 aliphatic carbocycles. The molecule has 0 unspecified atom stereocenters. The Bertz CT molecular complexity index is 985. The highest BCUT2D eigenvalue weighted by Crippen LogP contribution is 2.21. The van der Waals surface area contributed by atoms with Gasteiger partial charge in [0.05, 0.1) is 11.0 Å². The number of benzene rings is 2. The maximum atomic E-state index is 12.8. The summed E-state index contributed by atoms with van der Waals surface area (Å²) in [6.07, 6.45) is 17.9. The van der Waals surface area contributed by atoms with Crippen molar-refractivity contribution in [2.75, 3.05) is 0 Å². The molecule has 0 atom stereocenters. The van der Waals surface area contributed by atoms with Gasteiger partial charge < -0.3 is 4.57 Å². The number of para-hydroxylation sites is 2. The summed E-state index contributed by atoms with van der Waals surface area (Å²) in [5.74, 6) is 0.682. The van der Waals surface area contributed by atoms with Crippen molar-refractivity contribution >= 4 is 21.8 Å². The van der Waals surface area contributed by atoms with Gasteiger partial charge in [0.2, 0.25) is 0 Å². The van der Waals surface area contributed by atoms with Crippen molar-refractivity contribution < 1.29 is 0 Å². The van der Waals surface area contributed by atoms with Crippen LogP contribution in [0.3, 0.4) is 0 Å². The van der Waals surface area contributed by atoms with E-state index in [2.05, 4.69) is 41.0 Å². The van der Waals surface area contributed by atoms with E-state index in [1.165, 1.54) is 38.5 Å². The second-order valence-electron chi connectivity index (χ2n) is 7.86. The van der Waals surface area contributed by atoms with Crippen LogP contribution in [0.5, 0.6) is 0 Å². The van der Waals surface area contributed by atoms with Crippen molar-refractivity contribution in [3.8, 4) is 0 Å². The molecule has 1 aliphatic rings. The maximum Gasteiger partial charge on any atom is 0.197 e. The molecule has 0 aliphatic heterocycles. The fourth-order valence-corrected chi connectivity index (χ4v) is 4.35. The van der Waals surface area contributed by atoms with Crippen molar-refractivity contribution in [2.45, 2.75) is 51.5 Å². The monoisotopic (exact) mass is 371 g/mol. The van der Waals surface area contributed by atoms with Gasteiger partial charge in [0.1, 0.15) is 0 Å². The Kier molecular flexibility index (Phi) is 6.06. The molecule has 3 aromatic rings. The van der Waals surface area contributed by atoms with Crippen LogP contribution >= 0.6 is 0 Å². The van der Waals surface area contributed by atoms with Gasteiger partial charge in [-0.2, -0.15) is 0 Å². The molecule has 2 aromatic carbocycles. The second kappa shape index (κ2) is 9.05. The van der Waals surface area contributed by atoms with Crippen LogP contribution in [0.4, 0.5) is 0 Å². The molecule has 2 heteroatoms. The first-order chi connectivity index (χ1) is 13.8. The van der Waals surface area contributed by atoms with Crippen LogP contribution in [0.15, 0.2) is 77.6 Å². The van der Waals surface area contributed by atoms with Crippen LogP contribution in [-0.4, -0.2) is 4.57 Å². The molecule has 0 radical (unpaired) electrons. The Labute approximate surface area is 167 Å². The van der Waals surface area contributed by atoms with E-state index in [4.69, 9.17) is 0 Å². The van der Waals surface area contributed by atoms with Gasteiger partial charge in [-0.3, -0.25) is 4.79 Å². The van der Waals surface area contributed by atoms with Crippen molar-refractivity contribution in [3.05, 3.63) is 83.1 Å². The van der Waals surface area contributed by atoms with Gasteiger partial charge in [-0.05, 0) is 43.0 Å². The lowest BCUT2D eigenvalue weighted by atomic mass is 10.0. The van der Waals surface area contributed by atoms with E-state index >= 15 is 0 Å². The lowest BCUT2D eigenvalue weighted by molar-refractivity contribution is 0.542. The molecule has 144 valence electrons. The molecule has 0 N–H and O–H groups in total. The average Bonchev–Trinajstić information content (AvgIpc) is 3.26. The first-order valence-corrected chi connectivity index (χ1v) is 10.7. The molecule has 0 saturated heterocycles. The Hall–Kier alpha value is -2.61. The third-order valence-electron chi connectivity index (χ3n) is 5.88. The Morgan fingerprint density at radius 2 is 1.21 bits per heavy atom. The Morgan fingerprint density at radius 3 is 1.86 bits per heavy atom. The van der Waals surface area contributed by atoms with Gasteiger partial charge in [0.25, 0.3) is 0 Å². The Morgan fingerprint density at radius 1 is 0.679 bits per heavy atom. The SMILES string of the molecule is O=c1c2ccccc2n(CCCCCCCCC2C=CC=C2)c2ccccc12. The number of hydrogen-bond acceptors (Lipinski definition) is 1. The number of aromatic nitrogens is 1. The van der Waals surface area contributed by atoms with Crippen molar-refractivity contribution in [2.24, 2.45) is 5.92 Å². The molecule has 1 heterocycles. The van der Waals surface area contributed by atoms with E-state index in [9.17, 15) is 4.79 Å². The lowest BCUT2D eigenvalue weighted by Crippen LogP contribution is -2.11. The zero-order valence-corrected chi connectivity index (χ0v) is 16.5. The predicted molar refractivity (Wildman–Crippen MR) is 120 cm³/mol. The first-order valence-electron chi connectivity index (χ1n) is 10.7. The minimum atomic E-state index is 0.148. The second-order valence-corrected chi connectivity index (χ2v) is 7.86. The van der Waals surface area contributed by atoms with E-state index in [1.807, 2.05) is 36.4 Å². The van der Waals surface area contributed by atoms with Gasteiger partial charge in [-0.25, -0.2) is 0 Å². The highest BCUT2D eigenvalue weighted by molar-refractivity contribution is 5.93. The van der Waals surface area contributed by atoms with Crippen molar-refractivity contribution in [1.82, 2.24) is 4.57 Å². The molecular weight excluding hydrogens is 342 g/mol. The summed E-state index contributed by atoms with van der Waals surface area (Å²) < 4.78 is 2.34. The first kappa shape index (κ1) is 18.7. The topological polar surface area (TPSA) is 22.0 Å². The van der Waals surface area contributed by atoms with E-state index in [0.717, 1.165) is 34.8 Å². The lowest BCUT2D eigenvalue weighted by Gasteiger charge is -2.15. The summed E-state index contributed by atoms with van der Waals surface area (Å²) >= 11 is 0. The molecule has 0 bridgehead atoms. The van der Waals surface area contributed by atoms with E-state index in [1.54, 1.807) is 0 Å². The summed E-state index contributed by atoms with van der Waals surface area (Å²) in [4.78, 5) is 12.8. The fraction of sp³-hybridized carbons (Fsp3) is 0.346. The quantitative estimate of drug-likeness (QED) is 0.306. The standard InChI is InChI=1S/C26H29NO/c28-26-22-16-8-10-18-24(22)27(25-19-11-9-17-23(25)26)20-12-4-2-1-3-5-13-21-14-6-7-15-21/h6-11,14-19,21H,1-5,12-13,20H2. The van der Waals surface area contributed by atoms with Crippen LogP contribution in [-0.2, 0) is 6.54 Å². The minimum Gasteiger partial charge on any atom is -0.340 e. The molecule has 1 aromatic heterocycles. The molecule has 2 nitrogen and oxygen atoms in total. The molecule has 0 saturated carbocycles. The van der Waals surface area contributed by atoms with E-state index < -0.39 is 0 Å². The third-order valence-corrected chi connectivity index (χ3v) is 5.88. The maximum absolute atomic E-state index is 12.8. The van der Waals surface area contributed by atoms with Gasteiger partial charge in [-0.1, -0.05) is 80.7 Å². The van der Waals surface area contributed by atoms with Gasteiger partial charge in [-0.15, -0.1) is 0 Å². The van der Waals surface area contributed by atoms with Crippen molar-refractivity contribution in [3.63, 3.8) is 0 Å². The molecule has 4 rings (SSSR count). The van der Waals surface area contributed by atoms with Crippen LogP contribution in [0, 0.1) is 5.92 Å². The summed E-state index contributed by atoms with van der Waals surface area (Å²) in [7, 11) is 0. The van der Waals surface area contributed by atoms with Gasteiger partial charge >= 0.3 is 0 Å². The minimum absolute atomic E-state index is 0.148. The average molecular weight is 372 g/mol. The fourth-order valence-electron chi connectivity index (χ4n) is 4.35.